The Hall–Kier alpha value is -1.31. The highest BCUT2D eigenvalue weighted by molar-refractivity contribution is 14.1. The van der Waals surface area contributed by atoms with Crippen LogP contribution in [0.2, 0.25) is 0 Å². The maximum absolute atomic E-state index is 10.9. The molecule has 0 saturated carbocycles. The highest BCUT2D eigenvalue weighted by atomic mass is 127. The number of carbonyl (C=O) groups is 2. The van der Waals surface area contributed by atoms with Crippen molar-refractivity contribution in [3.63, 3.8) is 0 Å². The molecule has 0 fully saturated rings. The summed E-state index contributed by atoms with van der Waals surface area (Å²) >= 11 is 1.88. The number of rotatable bonds is 3. The molecule has 0 saturated heterocycles. The van der Waals surface area contributed by atoms with Crippen molar-refractivity contribution in [3.05, 3.63) is 29.3 Å². The van der Waals surface area contributed by atoms with Crippen LogP contribution in [0.1, 0.15) is 20.7 Å². The molecule has 0 radical (unpaired) electrons. The summed E-state index contributed by atoms with van der Waals surface area (Å²) in [5, 5.41) is 0. The highest BCUT2D eigenvalue weighted by Gasteiger charge is 2.08. The minimum Gasteiger partial charge on any atom is -0.366 e. The Balaban J connectivity index is 3.27. The van der Waals surface area contributed by atoms with E-state index in [1.54, 1.807) is 12.1 Å². The van der Waals surface area contributed by atoms with Crippen molar-refractivity contribution < 1.29 is 9.59 Å². The maximum Gasteiger partial charge on any atom is 0.248 e. The molecular weight excluding hydrogens is 297 g/mol. The smallest absolute Gasteiger partial charge is 0.248 e. The van der Waals surface area contributed by atoms with E-state index in [4.69, 9.17) is 11.5 Å². The van der Waals surface area contributed by atoms with Crippen LogP contribution in [0.3, 0.4) is 0 Å². The van der Waals surface area contributed by atoms with Gasteiger partial charge in [-0.15, -0.1) is 0 Å². The van der Waals surface area contributed by atoms with E-state index in [0.717, 1.165) is 0 Å². The molecule has 5 N–H and O–H groups in total. The molecule has 74 valence electrons. The maximum atomic E-state index is 10.9. The third-order valence-electron chi connectivity index (χ3n) is 1.61. The van der Waals surface area contributed by atoms with Gasteiger partial charge < -0.3 is 15.0 Å². The topological polar surface area (TPSA) is 98.2 Å². The van der Waals surface area contributed by atoms with Gasteiger partial charge in [-0.1, -0.05) is 0 Å². The molecule has 0 bridgehead atoms. The van der Waals surface area contributed by atoms with Crippen LogP contribution in [-0.4, -0.2) is 11.8 Å². The van der Waals surface area contributed by atoms with Crippen LogP contribution in [0, 0.1) is 0 Å². The van der Waals surface area contributed by atoms with Gasteiger partial charge in [0.1, 0.15) is 0 Å². The summed E-state index contributed by atoms with van der Waals surface area (Å²) in [6.07, 6.45) is 0. The second-order valence-electron chi connectivity index (χ2n) is 2.62. The number of nitrogens with one attached hydrogen (secondary N) is 1. The normalized spacial score (nSPS) is 9.50. The number of nitrogens with two attached hydrogens (primary N) is 2. The van der Waals surface area contributed by atoms with E-state index in [-0.39, 0.29) is 11.1 Å². The van der Waals surface area contributed by atoms with Crippen molar-refractivity contribution in [1.82, 2.24) is 0 Å². The molecule has 5 nitrogen and oxygen atoms in total. The molecule has 1 aromatic carbocycles. The Labute approximate surface area is 94.3 Å². The van der Waals surface area contributed by atoms with E-state index < -0.39 is 11.8 Å². The lowest BCUT2D eigenvalue weighted by atomic mass is 10.1. The van der Waals surface area contributed by atoms with Crippen molar-refractivity contribution in [3.8, 4) is 0 Å². The number of hydrogen-bond acceptors (Lipinski definition) is 3. The molecule has 1 rings (SSSR count). The Morgan fingerprint density at radius 1 is 1.07 bits per heavy atom. The minimum atomic E-state index is -0.596. The third-order valence-corrected chi connectivity index (χ3v) is 2.23. The molecule has 0 aliphatic rings. The second-order valence-corrected chi connectivity index (χ2v) is 3.16. The number of anilines is 1. The standard InChI is InChI=1S/C8H8IN3O2/c9-12-6-2-4(7(10)13)1-5(3-6)8(11)14/h1-3,12H,(H2,10,13)(H2,11,14). The average Bonchev–Trinajstić information content (AvgIpc) is 2.16. The average molecular weight is 305 g/mol. The van der Waals surface area contributed by atoms with E-state index in [1.165, 1.54) is 6.07 Å². The minimum absolute atomic E-state index is 0.250. The zero-order chi connectivity index (χ0) is 10.7. The van der Waals surface area contributed by atoms with Gasteiger partial charge in [-0.25, -0.2) is 0 Å². The van der Waals surface area contributed by atoms with Crippen molar-refractivity contribution in [2.75, 3.05) is 3.53 Å². The van der Waals surface area contributed by atoms with Gasteiger partial charge in [0.2, 0.25) is 11.8 Å². The number of hydrogen-bond donors (Lipinski definition) is 3. The number of halogens is 1. The number of carbonyl (C=O) groups excluding carboxylic acids is 2. The van der Waals surface area contributed by atoms with Gasteiger partial charge in [0.05, 0.1) is 22.9 Å². The first-order chi connectivity index (χ1) is 6.54. The van der Waals surface area contributed by atoms with Gasteiger partial charge in [-0.2, -0.15) is 0 Å². The monoisotopic (exact) mass is 305 g/mol. The summed E-state index contributed by atoms with van der Waals surface area (Å²) in [6, 6.07) is 4.45. The first-order valence-corrected chi connectivity index (χ1v) is 4.74. The quantitative estimate of drug-likeness (QED) is 0.565. The number of primary amides is 2. The van der Waals surface area contributed by atoms with Gasteiger partial charge in [0.15, 0.2) is 0 Å². The SMILES string of the molecule is NC(=O)c1cc(NI)cc(C(N)=O)c1. The molecule has 0 aliphatic heterocycles. The molecule has 0 aromatic heterocycles. The predicted molar refractivity (Wildman–Crippen MR) is 61.1 cm³/mol. The molecule has 1 aromatic rings. The van der Waals surface area contributed by atoms with E-state index in [1.807, 2.05) is 22.9 Å². The zero-order valence-corrected chi connectivity index (χ0v) is 9.24. The first kappa shape index (κ1) is 10.8. The zero-order valence-electron chi connectivity index (χ0n) is 7.08. The first-order valence-electron chi connectivity index (χ1n) is 3.66. The fourth-order valence-electron chi connectivity index (χ4n) is 0.967. The van der Waals surface area contributed by atoms with Gasteiger partial charge in [0, 0.05) is 16.8 Å². The number of benzene rings is 1. The molecule has 14 heavy (non-hydrogen) atoms. The van der Waals surface area contributed by atoms with Gasteiger partial charge in [-0.3, -0.25) is 9.59 Å². The van der Waals surface area contributed by atoms with E-state index in [2.05, 4.69) is 3.53 Å². The summed E-state index contributed by atoms with van der Waals surface area (Å²) in [5.74, 6) is -1.19. The highest BCUT2D eigenvalue weighted by Crippen LogP contribution is 2.15. The van der Waals surface area contributed by atoms with Crippen LogP contribution in [0.5, 0.6) is 0 Å². The number of amides is 2. The molecule has 0 unspecified atom stereocenters. The van der Waals surface area contributed by atoms with Crippen LogP contribution in [-0.2, 0) is 0 Å². The van der Waals surface area contributed by atoms with Gasteiger partial charge >= 0.3 is 0 Å². The van der Waals surface area contributed by atoms with E-state index in [0.29, 0.717) is 5.69 Å². The molecular formula is C8H8IN3O2. The summed E-state index contributed by atoms with van der Waals surface area (Å²) in [5.41, 5.74) is 11.3. The molecule has 2 amide bonds. The lowest BCUT2D eigenvalue weighted by Crippen LogP contribution is -2.15. The van der Waals surface area contributed by atoms with Crippen LogP contribution < -0.4 is 15.0 Å². The van der Waals surface area contributed by atoms with Crippen LogP contribution in [0.25, 0.3) is 0 Å². The van der Waals surface area contributed by atoms with Crippen molar-refractivity contribution in [1.29, 1.82) is 0 Å². The predicted octanol–water partition coefficient (Wildman–Crippen LogP) is 0.646. The van der Waals surface area contributed by atoms with E-state index >= 15 is 0 Å². The van der Waals surface area contributed by atoms with Crippen LogP contribution in [0.4, 0.5) is 5.69 Å². The van der Waals surface area contributed by atoms with Crippen molar-refractivity contribution in [2.24, 2.45) is 11.5 Å². The summed E-state index contributed by atoms with van der Waals surface area (Å²) < 4.78 is 2.77. The lowest BCUT2D eigenvalue weighted by molar-refractivity contribution is 0.0999. The Morgan fingerprint density at radius 2 is 1.50 bits per heavy atom. The van der Waals surface area contributed by atoms with Crippen molar-refractivity contribution in [2.45, 2.75) is 0 Å². The molecule has 0 spiro atoms. The third kappa shape index (κ3) is 2.34. The second kappa shape index (κ2) is 4.27. The largest absolute Gasteiger partial charge is 0.366 e. The molecule has 0 atom stereocenters. The fraction of sp³-hybridized carbons (Fsp3) is 0. The van der Waals surface area contributed by atoms with Crippen molar-refractivity contribution >= 4 is 40.4 Å². The summed E-state index contributed by atoms with van der Waals surface area (Å²) in [7, 11) is 0. The van der Waals surface area contributed by atoms with Crippen LogP contribution >= 0.6 is 22.9 Å². The van der Waals surface area contributed by atoms with Gasteiger partial charge in [-0.05, 0) is 18.2 Å². The molecule has 0 aliphatic carbocycles. The summed E-state index contributed by atoms with van der Waals surface area (Å²) in [6.45, 7) is 0. The Kier molecular flexibility index (Phi) is 3.28. The Morgan fingerprint density at radius 3 is 1.79 bits per heavy atom. The Bertz CT molecular complexity index is 360. The fourth-order valence-corrected chi connectivity index (χ4v) is 1.28. The molecule has 0 heterocycles. The lowest BCUT2D eigenvalue weighted by Gasteiger charge is -2.03. The van der Waals surface area contributed by atoms with Crippen LogP contribution in [0.15, 0.2) is 18.2 Å². The van der Waals surface area contributed by atoms with E-state index in [9.17, 15) is 9.59 Å². The molecule has 6 heteroatoms. The van der Waals surface area contributed by atoms with Gasteiger partial charge in [0.25, 0.3) is 0 Å². The summed E-state index contributed by atoms with van der Waals surface area (Å²) in [4.78, 5) is 21.8.